The summed E-state index contributed by atoms with van der Waals surface area (Å²) in [4.78, 5) is 8.04. The molecule has 0 atom stereocenters. The normalized spacial score (nSPS) is 11.4. The molecule has 0 unspecified atom stereocenters. The molecule has 3 aromatic rings. The van der Waals surface area contributed by atoms with Crippen molar-refractivity contribution in [3.8, 4) is 5.95 Å². The van der Waals surface area contributed by atoms with Gasteiger partial charge in [0.15, 0.2) is 5.52 Å². The van der Waals surface area contributed by atoms with E-state index in [-0.39, 0.29) is 4.58 Å². The molecule has 0 aliphatic rings. The predicted octanol–water partition coefficient (Wildman–Crippen LogP) is 3.35. The van der Waals surface area contributed by atoms with E-state index in [4.69, 9.17) is 0 Å². The van der Waals surface area contributed by atoms with E-state index in [0.29, 0.717) is 0 Å². The Morgan fingerprint density at radius 2 is 1.90 bits per heavy atom. The van der Waals surface area contributed by atoms with Crippen LogP contribution >= 0.6 is 25.3 Å². The van der Waals surface area contributed by atoms with Crippen molar-refractivity contribution in [1.29, 1.82) is 0 Å². The van der Waals surface area contributed by atoms with Crippen molar-refractivity contribution in [3.63, 3.8) is 0 Å². The molecule has 0 bridgehead atoms. The second kappa shape index (κ2) is 6.54. The van der Waals surface area contributed by atoms with E-state index in [2.05, 4.69) is 51.9 Å². The quantitative estimate of drug-likeness (QED) is 0.376. The minimum Gasteiger partial charge on any atom is -0.238 e. The number of aromatic amines is 1. The number of H-pyrrole nitrogens is 1. The summed E-state index contributed by atoms with van der Waals surface area (Å²) in [6.07, 6.45) is 5.07. The van der Waals surface area contributed by atoms with Gasteiger partial charge in [0, 0.05) is 11.0 Å². The zero-order valence-corrected chi connectivity index (χ0v) is 13.4. The van der Waals surface area contributed by atoms with Gasteiger partial charge in [0.2, 0.25) is 0 Å². The monoisotopic (exact) mass is 316 g/mol. The van der Waals surface area contributed by atoms with E-state index >= 15 is 0 Å². The largest absolute Gasteiger partial charge is 0.402 e. The molecule has 1 aromatic carbocycles. The summed E-state index contributed by atoms with van der Waals surface area (Å²) in [5.41, 5.74) is 3.28. The first-order chi connectivity index (χ1) is 10.2. The number of benzene rings is 1. The first-order valence-electron chi connectivity index (χ1n) is 7.05. The second-order valence-corrected chi connectivity index (χ2v) is 6.67. The van der Waals surface area contributed by atoms with E-state index in [1.807, 2.05) is 36.5 Å². The van der Waals surface area contributed by atoms with Crippen LogP contribution in [-0.2, 0) is 6.42 Å². The van der Waals surface area contributed by atoms with Gasteiger partial charge in [0.1, 0.15) is 5.52 Å². The van der Waals surface area contributed by atoms with Crippen molar-refractivity contribution in [2.45, 2.75) is 23.8 Å². The van der Waals surface area contributed by atoms with Crippen LogP contribution in [0.1, 0.15) is 18.5 Å². The minimum atomic E-state index is 0.147. The SMILES string of the molecule is SC(S)CCCc1cccc[n+]1-c1nc2ccccc2[nH]1. The second-order valence-electron chi connectivity index (χ2n) is 5.01. The van der Waals surface area contributed by atoms with Crippen molar-refractivity contribution >= 4 is 36.3 Å². The van der Waals surface area contributed by atoms with Crippen molar-refractivity contribution in [2.24, 2.45) is 0 Å². The Bertz CT molecular complexity index is 704. The standard InChI is InChI=1S/C16H17N3S2/c20-15(21)10-5-7-12-6-3-4-11-19(12)16-17-13-8-1-2-9-14(13)18-16/h1-4,6,8-9,11,15H,5,7,10H2,(H2-,17,18,20,21)/p+1. The van der Waals surface area contributed by atoms with Crippen LogP contribution in [-0.4, -0.2) is 14.5 Å². The summed E-state index contributed by atoms with van der Waals surface area (Å²) in [5.74, 6) is 0.861. The lowest BCUT2D eigenvalue weighted by Gasteiger charge is -2.06. The fourth-order valence-corrected chi connectivity index (χ4v) is 2.77. The van der Waals surface area contributed by atoms with Gasteiger partial charge in [-0.2, -0.15) is 25.3 Å². The molecule has 3 nitrogen and oxygen atoms in total. The maximum absolute atomic E-state index is 4.66. The highest BCUT2D eigenvalue weighted by Gasteiger charge is 2.15. The smallest absolute Gasteiger partial charge is 0.238 e. The Labute approximate surface area is 135 Å². The summed E-state index contributed by atoms with van der Waals surface area (Å²) in [6, 6.07) is 14.3. The number of aromatic nitrogens is 3. The highest BCUT2D eigenvalue weighted by atomic mass is 32.2. The van der Waals surface area contributed by atoms with Gasteiger partial charge < -0.3 is 0 Å². The van der Waals surface area contributed by atoms with E-state index in [0.717, 1.165) is 36.2 Å². The first kappa shape index (κ1) is 14.5. The summed E-state index contributed by atoms with van der Waals surface area (Å²) >= 11 is 8.63. The zero-order valence-electron chi connectivity index (χ0n) is 11.6. The maximum atomic E-state index is 4.66. The van der Waals surface area contributed by atoms with Gasteiger partial charge >= 0.3 is 5.95 Å². The van der Waals surface area contributed by atoms with Crippen molar-refractivity contribution in [2.75, 3.05) is 0 Å². The van der Waals surface area contributed by atoms with Gasteiger partial charge in [-0.15, -0.1) is 0 Å². The van der Waals surface area contributed by atoms with Crippen LogP contribution in [0.5, 0.6) is 0 Å². The zero-order chi connectivity index (χ0) is 14.7. The van der Waals surface area contributed by atoms with Gasteiger partial charge in [-0.05, 0) is 37.1 Å². The van der Waals surface area contributed by atoms with E-state index < -0.39 is 0 Å². The topological polar surface area (TPSA) is 32.6 Å². The van der Waals surface area contributed by atoms with Crippen molar-refractivity contribution in [1.82, 2.24) is 9.97 Å². The van der Waals surface area contributed by atoms with Gasteiger partial charge in [0.25, 0.3) is 0 Å². The van der Waals surface area contributed by atoms with Gasteiger partial charge in [-0.1, -0.05) is 23.2 Å². The summed E-state index contributed by atoms with van der Waals surface area (Å²) in [6.45, 7) is 0. The van der Waals surface area contributed by atoms with E-state index in [1.165, 1.54) is 5.69 Å². The molecular weight excluding hydrogens is 298 g/mol. The Morgan fingerprint density at radius 3 is 2.71 bits per heavy atom. The summed E-state index contributed by atoms with van der Waals surface area (Å²) in [7, 11) is 0. The fraction of sp³-hybridized carbons (Fsp3) is 0.250. The van der Waals surface area contributed by atoms with Crippen LogP contribution < -0.4 is 4.57 Å². The molecule has 5 heteroatoms. The highest BCUT2D eigenvalue weighted by molar-refractivity contribution is 7.99. The number of thiol groups is 2. The molecule has 108 valence electrons. The average Bonchev–Trinajstić information content (AvgIpc) is 2.91. The average molecular weight is 316 g/mol. The molecule has 0 aliphatic carbocycles. The summed E-state index contributed by atoms with van der Waals surface area (Å²) < 4.78 is 2.26. The summed E-state index contributed by atoms with van der Waals surface area (Å²) in [5, 5.41) is 0. The third-order valence-electron chi connectivity index (χ3n) is 3.44. The molecule has 0 saturated heterocycles. The van der Waals surface area contributed by atoms with Crippen LogP contribution in [0, 0.1) is 0 Å². The predicted molar refractivity (Wildman–Crippen MR) is 92.3 cm³/mol. The van der Waals surface area contributed by atoms with E-state index in [1.54, 1.807) is 0 Å². The van der Waals surface area contributed by atoms with E-state index in [9.17, 15) is 0 Å². The van der Waals surface area contributed by atoms with Crippen LogP contribution in [0.4, 0.5) is 0 Å². The Kier molecular flexibility index (Phi) is 4.51. The van der Waals surface area contributed by atoms with Crippen molar-refractivity contribution in [3.05, 3.63) is 54.4 Å². The molecule has 2 heterocycles. The third-order valence-corrected chi connectivity index (χ3v) is 3.96. The molecule has 0 fully saturated rings. The van der Waals surface area contributed by atoms with Gasteiger partial charge in [0.05, 0.1) is 11.9 Å². The maximum Gasteiger partial charge on any atom is 0.402 e. The number of hydrogen-bond acceptors (Lipinski definition) is 3. The fourth-order valence-electron chi connectivity index (χ4n) is 2.41. The molecule has 0 saturated carbocycles. The lowest BCUT2D eigenvalue weighted by Crippen LogP contribution is -2.36. The number of para-hydroxylation sites is 2. The molecule has 0 radical (unpaired) electrons. The molecular formula is C16H18N3S2+. The molecule has 0 amide bonds. The number of hydrogen-bond donors (Lipinski definition) is 3. The van der Waals surface area contributed by atoms with Gasteiger partial charge in [-0.3, -0.25) is 0 Å². The molecule has 1 N–H and O–H groups in total. The Hall–Kier alpha value is -1.46. The lowest BCUT2D eigenvalue weighted by molar-refractivity contribution is -0.611. The molecule has 0 spiro atoms. The number of fused-ring (bicyclic) bond motifs is 1. The van der Waals surface area contributed by atoms with Gasteiger partial charge in [-0.25, -0.2) is 9.55 Å². The number of rotatable bonds is 5. The Morgan fingerprint density at radius 1 is 1.10 bits per heavy atom. The molecule has 0 aliphatic heterocycles. The molecule has 2 aromatic heterocycles. The van der Waals surface area contributed by atoms with Crippen LogP contribution in [0.2, 0.25) is 0 Å². The van der Waals surface area contributed by atoms with Crippen molar-refractivity contribution < 1.29 is 4.57 Å². The Balaban J connectivity index is 1.90. The number of aryl methyl sites for hydroxylation is 1. The number of imidazole rings is 1. The third kappa shape index (κ3) is 3.41. The first-order valence-corrected chi connectivity index (χ1v) is 8.08. The van der Waals surface area contributed by atoms with Crippen LogP contribution in [0.25, 0.3) is 17.0 Å². The number of pyridine rings is 1. The highest BCUT2D eigenvalue weighted by Crippen LogP contribution is 2.13. The molecule has 21 heavy (non-hydrogen) atoms. The minimum absolute atomic E-state index is 0.147. The number of nitrogens with zero attached hydrogens (tertiary/aromatic N) is 2. The molecule has 3 rings (SSSR count). The number of nitrogens with one attached hydrogen (secondary N) is 1. The lowest BCUT2D eigenvalue weighted by atomic mass is 10.2. The van der Waals surface area contributed by atoms with Crippen LogP contribution in [0.3, 0.4) is 0 Å². The van der Waals surface area contributed by atoms with Crippen LogP contribution in [0.15, 0.2) is 48.7 Å².